The third-order valence-electron chi connectivity index (χ3n) is 15.3. The molecule has 5 aromatic rings. The Morgan fingerprint density at radius 2 is 1.40 bits per heavy atom. The minimum Gasteiger partial charge on any atom is -0.481 e. The van der Waals surface area contributed by atoms with Gasteiger partial charge < -0.3 is 44.9 Å². The third kappa shape index (κ3) is 19.5. The number of esters is 1. The quantitative estimate of drug-likeness (QED) is 0.0221. The third-order valence-corrected chi connectivity index (χ3v) is 17.7. The van der Waals surface area contributed by atoms with Gasteiger partial charge in [0.1, 0.15) is 41.7 Å². The number of carboxylic acid groups (broad SMARTS) is 1. The SMILES string of the molecule is Cc1ncsc1-c1ccc(CNC(=O)[C@@H]2C[C@@H](OC(=O)CCCCCCCCCCCCC(=O)O)CN2C(=O)[C@@H](NC(=O)COCCOCCOCCNC(=O)C[C@@H]2N=C(c3ccc(Cl)cc3)c3c(sc(C)c3C)-n3c(C)nnc32)C(C)(C)C)cc1. The van der Waals surface area contributed by atoms with E-state index in [1.54, 1.807) is 28.2 Å². The number of rotatable bonds is 34. The van der Waals surface area contributed by atoms with Crippen molar-refractivity contribution in [2.45, 2.75) is 169 Å². The van der Waals surface area contributed by atoms with Crippen molar-refractivity contribution in [2.75, 3.05) is 52.7 Å². The van der Waals surface area contributed by atoms with Crippen LogP contribution in [0.25, 0.3) is 15.4 Å². The number of aliphatic carboxylic acids is 1. The fourth-order valence-corrected chi connectivity index (χ4v) is 12.7. The summed E-state index contributed by atoms with van der Waals surface area (Å²) in [7, 11) is 0. The normalized spacial score (nSPS) is 16.0. The summed E-state index contributed by atoms with van der Waals surface area (Å²) < 4.78 is 25.0. The van der Waals surface area contributed by atoms with Crippen LogP contribution in [0.3, 0.4) is 0 Å². The highest BCUT2D eigenvalue weighted by Gasteiger charge is 2.46. The molecule has 1 saturated heterocycles. The topological polar surface area (TPSA) is 255 Å². The van der Waals surface area contributed by atoms with Gasteiger partial charge in [0.15, 0.2) is 5.82 Å². The van der Waals surface area contributed by atoms with Gasteiger partial charge in [-0.25, -0.2) is 4.98 Å². The number of amides is 4. The number of halogens is 1. The van der Waals surface area contributed by atoms with Crippen molar-refractivity contribution in [3.63, 3.8) is 0 Å². The first-order valence-electron chi connectivity index (χ1n) is 29.9. The van der Waals surface area contributed by atoms with Crippen molar-refractivity contribution in [2.24, 2.45) is 10.4 Å². The molecule has 23 heteroatoms. The molecular formula is C63H84ClN9O11S2. The minimum absolute atomic E-state index is 0.0122. The molecule has 0 aliphatic carbocycles. The molecule has 7 rings (SSSR count). The fourth-order valence-electron chi connectivity index (χ4n) is 10.5. The Bertz CT molecular complexity index is 3100. The predicted octanol–water partition coefficient (Wildman–Crippen LogP) is 9.91. The van der Waals surface area contributed by atoms with Crippen LogP contribution in [0.2, 0.25) is 5.02 Å². The molecule has 0 unspecified atom stereocenters. The van der Waals surface area contributed by atoms with E-state index in [1.165, 1.54) is 4.90 Å². The molecule has 4 N–H and O–H groups in total. The lowest BCUT2D eigenvalue weighted by Crippen LogP contribution is -2.58. The van der Waals surface area contributed by atoms with Crippen molar-refractivity contribution >= 4 is 75.6 Å². The molecule has 86 heavy (non-hydrogen) atoms. The molecule has 3 aromatic heterocycles. The van der Waals surface area contributed by atoms with E-state index < -0.39 is 53.3 Å². The zero-order chi connectivity index (χ0) is 61.8. The summed E-state index contributed by atoms with van der Waals surface area (Å²) in [5.41, 5.74) is 7.60. The van der Waals surface area contributed by atoms with Gasteiger partial charge in [-0.05, 0) is 74.8 Å². The first kappa shape index (κ1) is 67.1. The Morgan fingerprint density at radius 1 is 0.767 bits per heavy atom. The second-order valence-corrected chi connectivity index (χ2v) is 25.6. The summed E-state index contributed by atoms with van der Waals surface area (Å²) in [6.45, 7) is 14.6. The number of thiazole rings is 1. The van der Waals surface area contributed by atoms with E-state index in [9.17, 15) is 28.8 Å². The monoisotopic (exact) mass is 1240 g/mol. The van der Waals surface area contributed by atoms with E-state index in [-0.39, 0.29) is 96.8 Å². The zero-order valence-corrected chi connectivity index (χ0v) is 53.1. The molecule has 466 valence electrons. The number of aromatic nitrogens is 4. The second kappa shape index (κ2) is 33.1. The largest absolute Gasteiger partial charge is 0.481 e. The standard InChI is InChI=1S/C63H84ClN9O11S2/c1-40-42(3)86-62-55(40)56(45-24-26-47(64)27-25-45)68-49(59-71-70-43(4)73(59)62)35-51(74)65-28-29-81-30-31-82-32-33-83-38-52(75)69-58(63(5,6)7)61(80)72-37-48(84-54(78)19-17-15-13-11-9-8-10-12-14-16-18-53(76)77)34-50(72)60(79)66-36-44-20-22-46(23-21-44)57-41(2)67-39-85-57/h20-27,39,48-50,58H,8-19,28-38H2,1-7H3,(H,65,74)(H,66,79)(H,69,75)(H,76,77)/t48-,49+,50+,58-/m1/s1. The molecule has 20 nitrogen and oxygen atoms in total. The van der Waals surface area contributed by atoms with Gasteiger partial charge in [-0.3, -0.25) is 38.3 Å². The molecule has 1 fully saturated rings. The van der Waals surface area contributed by atoms with Crippen molar-refractivity contribution in [1.29, 1.82) is 0 Å². The number of fused-ring (bicyclic) bond motifs is 3. The predicted molar refractivity (Wildman–Crippen MR) is 332 cm³/mol. The maximum Gasteiger partial charge on any atom is 0.306 e. The van der Waals surface area contributed by atoms with Crippen LogP contribution in [0, 0.1) is 33.1 Å². The van der Waals surface area contributed by atoms with Crippen molar-refractivity contribution in [3.05, 3.63) is 104 Å². The van der Waals surface area contributed by atoms with Crippen LogP contribution < -0.4 is 16.0 Å². The average Bonchev–Trinajstić information content (AvgIpc) is 1.69. The summed E-state index contributed by atoms with van der Waals surface area (Å²) in [6.07, 6.45) is 9.45. The van der Waals surface area contributed by atoms with E-state index >= 15 is 0 Å². The Morgan fingerprint density at radius 3 is 2.03 bits per heavy atom. The van der Waals surface area contributed by atoms with Crippen LogP contribution in [-0.2, 0) is 54.3 Å². The first-order valence-corrected chi connectivity index (χ1v) is 32.0. The second-order valence-electron chi connectivity index (χ2n) is 23.1. The maximum atomic E-state index is 14.6. The van der Waals surface area contributed by atoms with Gasteiger partial charge >= 0.3 is 11.9 Å². The molecule has 2 aliphatic rings. The van der Waals surface area contributed by atoms with Gasteiger partial charge in [0.05, 0.1) is 67.8 Å². The number of nitrogens with one attached hydrogen (secondary N) is 3. The van der Waals surface area contributed by atoms with Crippen LogP contribution in [0.1, 0.15) is 161 Å². The van der Waals surface area contributed by atoms with E-state index in [2.05, 4.69) is 45.0 Å². The summed E-state index contributed by atoms with van der Waals surface area (Å²) in [4.78, 5) is 92.5. The van der Waals surface area contributed by atoms with Crippen LogP contribution in [0.5, 0.6) is 0 Å². The Kier molecular flexibility index (Phi) is 25.8. The van der Waals surface area contributed by atoms with E-state index in [0.717, 1.165) is 112 Å². The van der Waals surface area contributed by atoms with Crippen molar-refractivity contribution in [1.82, 2.24) is 40.6 Å². The molecule has 0 bridgehead atoms. The highest BCUT2D eigenvalue weighted by molar-refractivity contribution is 7.15. The number of thiophene rings is 1. The number of ether oxygens (including phenoxy) is 4. The number of aliphatic imine (C=N–C) groups is 1. The zero-order valence-electron chi connectivity index (χ0n) is 50.7. The molecular weight excluding hydrogens is 1160 g/mol. The van der Waals surface area contributed by atoms with Crippen LogP contribution in [0.15, 0.2) is 59.0 Å². The van der Waals surface area contributed by atoms with Gasteiger partial charge in [-0.15, -0.1) is 32.9 Å². The summed E-state index contributed by atoms with van der Waals surface area (Å²) in [5.74, 6) is -1.44. The molecule has 0 spiro atoms. The Labute approximate surface area is 517 Å². The number of benzene rings is 2. The molecule has 4 amide bonds. The van der Waals surface area contributed by atoms with Gasteiger partial charge in [0.25, 0.3) is 0 Å². The number of carbonyl (C=O) groups is 6. The van der Waals surface area contributed by atoms with Crippen LogP contribution in [-0.4, -0.2) is 142 Å². The van der Waals surface area contributed by atoms with Crippen LogP contribution >= 0.6 is 34.3 Å². The van der Waals surface area contributed by atoms with Gasteiger partial charge in [0, 0.05) is 53.4 Å². The van der Waals surface area contributed by atoms with Crippen LogP contribution in [0.4, 0.5) is 0 Å². The highest BCUT2D eigenvalue weighted by Crippen LogP contribution is 2.40. The summed E-state index contributed by atoms with van der Waals surface area (Å²) in [5, 5.41) is 28.0. The molecule has 2 aromatic carbocycles. The van der Waals surface area contributed by atoms with E-state index in [4.69, 9.17) is 40.6 Å². The molecule has 5 heterocycles. The van der Waals surface area contributed by atoms with Crippen molar-refractivity contribution < 1.29 is 52.8 Å². The molecule has 4 atom stereocenters. The van der Waals surface area contributed by atoms with Gasteiger partial charge in [-0.1, -0.05) is 120 Å². The summed E-state index contributed by atoms with van der Waals surface area (Å²) in [6, 6.07) is 12.8. The first-order chi connectivity index (χ1) is 41.3. The van der Waals surface area contributed by atoms with E-state index in [0.29, 0.717) is 23.1 Å². The molecule has 0 saturated carbocycles. The number of aryl methyl sites for hydroxylation is 3. The Hall–Kier alpha value is -6.43. The number of hydrogen-bond acceptors (Lipinski definition) is 16. The number of hydrogen-bond donors (Lipinski definition) is 4. The number of nitrogens with zero attached hydrogens (tertiary/aromatic N) is 6. The lowest BCUT2D eigenvalue weighted by Gasteiger charge is -2.35. The lowest BCUT2D eigenvalue weighted by molar-refractivity contribution is -0.150. The summed E-state index contributed by atoms with van der Waals surface area (Å²) >= 11 is 9.46. The lowest BCUT2D eigenvalue weighted by atomic mass is 9.85. The smallest absolute Gasteiger partial charge is 0.306 e. The number of likely N-dealkylation sites (tertiary alicyclic amines) is 1. The van der Waals surface area contributed by atoms with Gasteiger partial charge in [-0.2, -0.15) is 0 Å². The average molecular weight is 1240 g/mol. The molecule has 0 radical (unpaired) electrons. The fraction of sp³-hybridized carbons (Fsp3) is 0.556. The highest BCUT2D eigenvalue weighted by atomic mass is 35.5. The molecule has 2 aliphatic heterocycles. The van der Waals surface area contributed by atoms with Gasteiger partial charge in [0.2, 0.25) is 23.6 Å². The number of carbonyl (C=O) groups excluding carboxylic acids is 5. The number of carboxylic acids is 1. The maximum absolute atomic E-state index is 14.6. The van der Waals surface area contributed by atoms with Crippen molar-refractivity contribution in [3.8, 4) is 15.4 Å². The number of unbranched alkanes of at least 4 members (excludes halogenated alkanes) is 9. The Balaban J connectivity index is 0.827. The minimum atomic E-state index is -1.05. The van der Waals surface area contributed by atoms with E-state index in [1.807, 2.05) is 87.7 Å².